The third kappa shape index (κ3) is 2.89. The molecule has 0 fully saturated rings. The second-order valence-corrected chi connectivity index (χ2v) is 10.1. The normalized spacial score (nSPS) is 23.0. The molecule has 0 aliphatic carbocycles. The number of anilines is 1. The molecule has 4 rings (SSSR count). The predicted octanol–water partition coefficient (Wildman–Crippen LogP) is 6.07. The van der Waals surface area contributed by atoms with Gasteiger partial charge in [0.2, 0.25) is 0 Å². The van der Waals surface area contributed by atoms with E-state index in [2.05, 4.69) is 0 Å². The van der Waals surface area contributed by atoms with Gasteiger partial charge in [-0.05, 0) is 53.2 Å². The van der Waals surface area contributed by atoms with Crippen molar-refractivity contribution in [3.8, 4) is 11.1 Å². The van der Waals surface area contributed by atoms with E-state index in [0.29, 0.717) is 16.9 Å². The average Bonchev–Trinajstić information content (AvgIpc) is 2.62. The molecule has 2 heterocycles. The van der Waals surface area contributed by atoms with Crippen molar-refractivity contribution in [2.75, 3.05) is 5.06 Å². The van der Waals surface area contributed by atoms with E-state index in [1.54, 1.807) is 27.7 Å². The Morgan fingerprint density at radius 1 is 0.867 bits per heavy atom. The van der Waals surface area contributed by atoms with Gasteiger partial charge >= 0.3 is 5.72 Å². The summed E-state index contributed by atoms with van der Waals surface area (Å²) < 4.78 is 13.3. The standard InChI is InChI=1S/C24H30N2O4/c1-21(2)16-14-17-20(26(28)24(7,8)30-22(17,3)4)18(15-12-10-9-11-13-15)19(16)25(27)23(5,6)29-21/h9-14H,1-8H3. The van der Waals surface area contributed by atoms with Crippen LogP contribution in [0.4, 0.5) is 11.4 Å². The highest BCUT2D eigenvalue weighted by atomic mass is 16.6. The summed E-state index contributed by atoms with van der Waals surface area (Å²) >= 11 is 0. The fourth-order valence-electron chi connectivity index (χ4n) is 4.86. The van der Waals surface area contributed by atoms with Crippen molar-refractivity contribution in [1.82, 2.24) is 0 Å². The van der Waals surface area contributed by atoms with Crippen LogP contribution >= 0.6 is 0 Å². The maximum atomic E-state index is 13.6. The van der Waals surface area contributed by atoms with Gasteiger partial charge in [0.1, 0.15) is 11.3 Å². The third-order valence-corrected chi connectivity index (χ3v) is 6.03. The number of benzene rings is 2. The van der Waals surface area contributed by atoms with Crippen LogP contribution in [0, 0.1) is 10.1 Å². The Kier molecular flexibility index (Phi) is 4.28. The van der Waals surface area contributed by atoms with Gasteiger partial charge in [0.15, 0.2) is 0 Å². The number of nitrogens with zero attached hydrogens (tertiary/aromatic N) is 2. The Morgan fingerprint density at radius 3 is 2.03 bits per heavy atom. The quantitative estimate of drug-likeness (QED) is 0.534. The molecule has 0 radical (unpaired) electrons. The first kappa shape index (κ1) is 21.0. The summed E-state index contributed by atoms with van der Waals surface area (Å²) in [5.74, 6) is 0. The molecule has 2 aromatic rings. The Morgan fingerprint density at radius 2 is 1.43 bits per heavy atom. The molecule has 0 saturated heterocycles. The van der Waals surface area contributed by atoms with Crippen LogP contribution in [0.1, 0.15) is 66.5 Å². The molecular formula is C24H30N2O4. The highest BCUT2D eigenvalue weighted by Crippen LogP contribution is 2.57. The first-order chi connectivity index (χ1) is 13.7. The first-order valence-electron chi connectivity index (χ1n) is 10.3. The molecule has 0 amide bonds. The van der Waals surface area contributed by atoms with Gasteiger partial charge in [-0.3, -0.25) is 0 Å². The lowest BCUT2D eigenvalue weighted by Crippen LogP contribution is -2.53. The van der Waals surface area contributed by atoms with Gasteiger partial charge in [0.05, 0.1) is 21.5 Å². The zero-order valence-electron chi connectivity index (χ0n) is 19.0. The number of hydroxylamine groups is 1. The minimum absolute atomic E-state index is 0.482. The first-order valence-corrected chi connectivity index (χ1v) is 10.3. The number of fused-ring (bicyclic) bond motifs is 2. The largest absolute Gasteiger partial charge is 0.756 e. The molecule has 2 aliphatic rings. The maximum Gasteiger partial charge on any atom is 0.316 e. The summed E-state index contributed by atoms with van der Waals surface area (Å²) in [5, 5.41) is 14.5. The number of rotatable bonds is 1. The molecule has 160 valence electrons. The Labute approximate surface area is 177 Å². The summed E-state index contributed by atoms with van der Waals surface area (Å²) in [5.41, 5.74) is 0.279. The van der Waals surface area contributed by atoms with Crippen molar-refractivity contribution in [3.63, 3.8) is 0 Å². The van der Waals surface area contributed by atoms with Crippen molar-refractivity contribution in [2.45, 2.75) is 78.0 Å². The molecule has 0 unspecified atom stereocenters. The van der Waals surface area contributed by atoms with Crippen molar-refractivity contribution in [2.24, 2.45) is 0 Å². The zero-order valence-corrected chi connectivity index (χ0v) is 19.0. The monoisotopic (exact) mass is 410 g/mol. The molecule has 0 saturated carbocycles. The second kappa shape index (κ2) is 6.13. The van der Waals surface area contributed by atoms with Gasteiger partial charge in [0.25, 0.3) is 5.69 Å². The fourth-order valence-corrected chi connectivity index (χ4v) is 4.86. The maximum absolute atomic E-state index is 13.6. The number of hydrogen-bond acceptors (Lipinski definition) is 5. The van der Waals surface area contributed by atoms with E-state index in [9.17, 15) is 10.1 Å². The summed E-state index contributed by atoms with van der Waals surface area (Å²) in [7, 11) is 0. The van der Waals surface area contributed by atoms with Crippen LogP contribution < -0.4 is 5.06 Å². The summed E-state index contributed by atoms with van der Waals surface area (Å²) in [4.78, 5) is 13.6. The molecule has 2 aliphatic heterocycles. The van der Waals surface area contributed by atoms with Crippen molar-refractivity contribution in [1.29, 1.82) is 0 Å². The van der Waals surface area contributed by atoms with E-state index in [1.165, 1.54) is 0 Å². The Hall–Kier alpha value is -2.28. The highest BCUT2D eigenvalue weighted by Gasteiger charge is 2.55. The van der Waals surface area contributed by atoms with Crippen LogP contribution in [0.2, 0.25) is 0 Å². The van der Waals surface area contributed by atoms with Crippen LogP contribution in [0.25, 0.3) is 11.1 Å². The van der Waals surface area contributed by atoms with E-state index in [4.69, 9.17) is 9.47 Å². The average molecular weight is 411 g/mol. The van der Waals surface area contributed by atoms with Gasteiger partial charge in [-0.1, -0.05) is 30.3 Å². The Balaban J connectivity index is 2.21. The van der Waals surface area contributed by atoms with Gasteiger partial charge in [-0.25, -0.2) is 0 Å². The molecule has 6 heteroatoms. The molecule has 0 spiro atoms. The van der Waals surface area contributed by atoms with Gasteiger partial charge in [0, 0.05) is 30.0 Å². The van der Waals surface area contributed by atoms with Gasteiger partial charge < -0.3 is 19.7 Å². The third-order valence-electron chi connectivity index (χ3n) is 6.03. The number of hydrogen-bond donors (Lipinski definition) is 0. The minimum atomic E-state index is -1.09. The molecule has 0 bridgehead atoms. The molecule has 2 aromatic carbocycles. The SMILES string of the molecule is CC1(C)OC(C)(C)N([O-])c2c1cc1c(c2-c2ccccc2)[N+](=O)C(C)(C)OC1(C)C. The predicted molar refractivity (Wildman–Crippen MR) is 117 cm³/mol. The van der Waals surface area contributed by atoms with E-state index >= 15 is 0 Å². The lowest BCUT2D eigenvalue weighted by molar-refractivity contribution is -0.627. The van der Waals surface area contributed by atoms with Crippen LogP contribution in [-0.4, -0.2) is 16.2 Å². The zero-order chi connectivity index (χ0) is 22.3. The molecule has 0 N–H and O–H groups in total. The van der Waals surface area contributed by atoms with Crippen molar-refractivity contribution >= 4 is 11.4 Å². The topological polar surface area (TPSA) is 64.8 Å². The summed E-state index contributed by atoms with van der Waals surface area (Å²) in [6.45, 7) is 14.8. The lowest BCUT2D eigenvalue weighted by Gasteiger charge is -2.55. The summed E-state index contributed by atoms with van der Waals surface area (Å²) in [6.07, 6.45) is 0. The summed E-state index contributed by atoms with van der Waals surface area (Å²) in [6, 6.07) is 11.5. The number of ether oxygens (including phenoxy) is 2. The Bertz CT molecular complexity index is 1040. The fraction of sp³-hybridized carbons (Fsp3) is 0.500. The van der Waals surface area contributed by atoms with Crippen LogP contribution in [0.5, 0.6) is 0 Å². The van der Waals surface area contributed by atoms with Crippen molar-refractivity contribution < 1.29 is 14.2 Å². The highest BCUT2D eigenvalue weighted by molar-refractivity contribution is 5.91. The van der Waals surface area contributed by atoms with Gasteiger partial charge in [-0.15, -0.1) is 0 Å². The molecule has 30 heavy (non-hydrogen) atoms. The van der Waals surface area contributed by atoms with Gasteiger partial charge in [-0.2, -0.15) is 0 Å². The van der Waals surface area contributed by atoms with Crippen LogP contribution in [0.15, 0.2) is 36.4 Å². The van der Waals surface area contributed by atoms with Crippen LogP contribution in [-0.2, 0) is 20.7 Å². The minimum Gasteiger partial charge on any atom is -0.756 e. The molecule has 0 aromatic heterocycles. The van der Waals surface area contributed by atoms with Crippen LogP contribution in [0.3, 0.4) is 0 Å². The molecule has 0 atom stereocenters. The van der Waals surface area contributed by atoms with E-state index < -0.39 is 22.7 Å². The van der Waals surface area contributed by atoms with Crippen molar-refractivity contribution in [3.05, 3.63) is 57.6 Å². The van der Waals surface area contributed by atoms with E-state index in [-0.39, 0.29) is 0 Å². The second-order valence-electron chi connectivity index (χ2n) is 10.1. The molecular weight excluding hydrogens is 380 g/mol. The number of nitroso groups, excluding NO2 is 1. The van der Waals surface area contributed by atoms with E-state index in [0.717, 1.165) is 26.5 Å². The lowest BCUT2D eigenvalue weighted by atomic mass is 9.80. The smallest absolute Gasteiger partial charge is 0.316 e. The molecule has 6 nitrogen and oxygen atoms in total. The van der Waals surface area contributed by atoms with E-state index in [1.807, 2.05) is 64.1 Å².